The van der Waals surface area contributed by atoms with Gasteiger partial charge >= 0.3 is 0 Å². The average Bonchev–Trinajstić information content (AvgIpc) is 3.19. The third-order valence-corrected chi connectivity index (χ3v) is 4.00. The molecule has 4 heteroatoms. The van der Waals surface area contributed by atoms with Crippen molar-refractivity contribution >= 4 is 17.4 Å². The summed E-state index contributed by atoms with van der Waals surface area (Å²) in [4.78, 5) is 7.17. The summed E-state index contributed by atoms with van der Waals surface area (Å²) in [6.07, 6.45) is 2.72. The zero-order valence-electron chi connectivity index (χ0n) is 13.0. The molecule has 1 aliphatic rings. The number of nitrogens with zero attached hydrogens (tertiary/aromatic N) is 2. The maximum Gasteiger partial charge on any atom is 0.129 e. The zero-order chi connectivity index (χ0) is 14.7. The first kappa shape index (κ1) is 15.6. The monoisotopic (exact) mass is 295 g/mol. The van der Waals surface area contributed by atoms with Gasteiger partial charge in [-0.3, -0.25) is 0 Å². The molecule has 3 nitrogen and oxygen atoms in total. The van der Waals surface area contributed by atoms with Crippen LogP contribution in [-0.4, -0.2) is 23.6 Å². The second kappa shape index (κ2) is 6.77. The van der Waals surface area contributed by atoms with E-state index in [1.807, 2.05) is 12.1 Å². The second-order valence-corrected chi connectivity index (χ2v) is 6.73. The first-order chi connectivity index (χ1) is 9.47. The molecule has 20 heavy (non-hydrogen) atoms. The Bertz CT molecular complexity index is 441. The summed E-state index contributed by atoms with van der Waals surface area (Å²) < 4.78 is 0. The van der Waals surface area contributed by atoms with E-state index in [1.165, 1.54) is 12.8 Å². The highest BCUT2D eigenvalue weighted by Crippen LogP contribution is 2.32. The summed E-state index contributed by atoms with van der Waals surface area (Å²) in [7, 11) is 0. The molecule has 0 amide bonds. The molecule has 1 fully saturated rings. The predicted molar refractivity (Wildman–Crippen MR) is 86.4 cm³/mol. The number of nitrogens with one attached hydrogen (secondary N) is 1. The summed E-state index contributed by atoms with van der Waals surface area (Å²) in [5, 5.41) is 4.13. The first-order valence-corrected chi connectivity index (χ1v) is 8.00. The molecule has 1 N–H and O–H groups in total. The lowest BCUT2D eigenvalue weighted by Crippen LogP contribution is -2.34. The lowest BCUT2D eigenvalue weighted by Gasteiger charge is -2.28. The minimum absolute atomic E-state index is 0.434. The average molecular weight is 296 g/mol. The SMILES string of the molecule is CC(C)NCc1nc(N(CC2CC2)C(C)C)ccc1Cl. The third-order valence-electron chi connectivity index (χ3n) is 3.65. The Morgan fingerprint density at radius 1 is 1.30 bits per heavy atom. The Hall–Kier alpha value is -0.800. The molecule has 1 aliphatic carbocycles. The van der Waals surface area contributed by atoms with Gasteiger partial charge < -0.3 is 10.2 Å². The van der Waals surface area contributed by atoms with Crippen molar-refractivity contribution in [1.29, 1.82) is 0 Å². The lowest BCUT2D eigenvalue weighted by molar-refractivity contribution is 0.578. The van der Waals surface area contributed by atoms with E-state index in [0.717, 1.165) is 35.5 Å². The normalized spacial score (nSPS) is 15.2. The number of aromatic nitrogens is 1. The van der Waals surface area contributed by atoms with Crippen LogP contribution >= 0.6 is 11.6 Å². The molecule has 0 aromatic carbocycles. The summed E-state index contributed by atoms with van der Waals surface area (Å²) in [6, 6.07) is 4.92. The Kier molecular flexibility index (Phi) is 5.28. The van der Waals surface area contributed by atoms with Crippen LogP contribution in [0.25, 0.3) is 0 Å². The number of anilines is 1. The molecule has 2 rings (SSSR count). The van der Waals surface area contributed by atoms with Crippen molar-refractivity contribution in [3.05, 3.63) is 22.8 Å². The molecule has 1 saturated carbocycles. The summed E-state index contributed by atoms with van der Waals surface area (Å²) >= 11 is 6.26. The smallest absolute Gasteiger partial charge is 0.129 e. The van der Waals surface area contributed by atoms with Gasteiger partial charge in [-0.05, 0) is 44.7 Å². The zero-order valence-corrected chi connectivity index (χ0v) is 13.7. The molecule has 0 saturated heterocycles. The van der Waals surface area contributed by atoms with Gasteiger partial charge in [0.15, 0.2) is 0 Å². The van der Waals surface area contributed by atoms with E-state index in [4.69, 9.17) is 16.6 Å². The first-order valence-electron chi connectivity index (χ1n) is 7.62. The standard InChI is InChI=1S/C16H26ClN3/c1-11(2)18-9-15-14(17)7-8-16(19-15)20(12(3)4)10-13-5-6-13/h7-8,11-13,18H,5-6,9-10H2,1-4H3. The molecule has 0 bridgehead atoms. The van der Waals surface area contributed by atoms with Crippen LogP contribution in [0.5, 0.6) is 0 Å². The minimum atomic E-state index is 0.434. The van der Waals surface area contributed by atoms with Crippen molar-refractivity contribution < 1.29 is 0 Å². The molecule has 0 radical (unpaired) electrons. The van der Waals surface area contributed by atoms with Gasteiger partial charge in [-0.2, -0.15) is 0 Å². The molecule has 0 unspecified atom stereocenters. The maximum absolute atomic E-state index is 6.26. The van der Waals surface area contributed by atoms with Crippen molar-refractivity contribution in [3.8, 4) is 0 Å². The maximum atomic E-state index is 6.26. The Morgan fingerprint density at radius 2 is 2.00 bits per heavy atom. The molecule has 0 atom stereocenters. The minimum Gasteiger partial charge on any atom is -0.354 e. The van der Waals surface area contributed by atoms with Crippen LogP contribution in [0.2, 0.25) is 5.02 Å². The highest BCUT2D eigenvalue weighted by atomic mass is 35.5. The van der Waals surface area contributed by atoms with Crippen molar-refractivity contribution in [2.24, 2.45) is 5.92 Å². The van der Waals surface area contributed by atoms with E-state index in [2.05, 4.69) is 37.9 Å². The van der Waals surface area contributed by atoms with Gasteiger partial charge in [0, 0.05) is 25.2 Å². The van der Waals surface area contributed by atoms with Crippen molar-refractivity contribution in [2.45, 2.75) is 59.2 Å². The Balaban J connectivity index is 2.14. The fourth-order valence-corrected chi connectivity index (χ4v) is 2.38. The summed E-state index contributed by atoms with van der Waals surface area (Å²) in [5.74, 6) is 1.91. The van der Waals surface area contributed by atoms with E-state index < -0.39 is 0 Å². The fraction of sp³-hybridized carbons (Fsp3) is 0.688. The van der Waals surface area contributed by atoms with Crippen LogP contribution in [0.4, 0.5) is 5.82 Å². The van der Waals surface area contributed by atoms with Gasteiger partial charge in [-0.15, -0.1) is 0 Å². The number of hydrogen-bond donors (Lipinski definition) is 1. The highest BCUT2D eigenvalue weighted by molar-refractivity contribution is 6.31. The van der Waals surface area contributed by atoms with E-state index in [0.29, 0.717) is 12.1 Å². The molecule has 1 heterocycles. The molecule has 0 spiro atoms. The van der Waals surface area contributed by atoms with Crippen LogP contribution in [0.3, 0.4) is 0 Å². The van der Waals surface area contributed by atoms with Crippen LogP contribution in [0, 0.1) is 5.92 Å². The molecular formula is C16H26ClN3. The van der Waals surface area contributed by atoms with Crippen molar-refractivity contribution in [2.75, 3.05) is 11.4 Å². The van der Waals surface area contributed by atoms with Crippen LogP contribution in [0.1, 0.15) is 46.2 Å². The Morgan fingerprint density at radius 3 is 2.55 bits per heavy atom. The lowest BCUT2D eigenvalue weighted by atomic mass is 10.2. The van der Waals surface area contributed by atoms with Gasteiger partial charge in [-0.1, -0.05) is 25.4 Å². The van der Waals surface area contributed by atoms with Gasteiger partial charge in [0.25, 0.3) is 0 Å². The van der Waals surface area contributed by atoms with Gasteiger partial charge in [-0.25, -0.2) is 4.98 Å². The molecule has 0 aliphatic heterocycles. The van der Waals surface area contributed by atoms with Crippen molar-refractivity contribution in [3.63, 3.8) is 0 Å². The number of halogens is 1. The second-order valence-electron chi connectivity index (χ2n) is 6.32. The van der Waals surface area contributed by atoms with Crippen LogP contribution < -0.4 is 10.2 Å². The van der Waals surface area contributed by atoms with Gasteiger partial charge in [0.05, 0.1) is 10.7 Å². The van der Waals surface area contributed by atoms with Gasteiger partial charge in [0.2, 0.25) is 0 Å². The third kappa shape index (κ3) is 4.35. The summed E-state index contributed by atoms with van der Waals surface area (Å²) in [6.45, 7) is 10.6. The quantitative estimate of drug-likeness (QED) is 0.828. The van der Waals surface area contributed by atoms with Gasteiger partial charge in [0.1, 0.15) is 5.82 Å². The van der Waals surface area contributed by atoms with E-state index in [1.54, 1.807) is 0 Å². The highest BCUT2D eigenvalue weighted by Gasteiger charge is 2.26. The van der Waals surface area contributed by atoms with E-state index in [9.17, 15) is 0 Å². The number of rotatable bonds is 7. The number of hydrogen-bond acceptors (Lipinski definition) is 3. The van der Waals surface area contributed by atoms with Crippen LogP contribution in [-0.2, 0) is 6.54 Å². The van der Waals surface area contributed by atoms with E-state index in [-0.39, 0.29) is 0 Å². The number of pyridine rings is 1. The molecule has 1 aromatic rings. The molecular weight excluding hydrogens is 270 g/mol. The summed E-state index contributed by atoms with van der Waals surface area (Å²) in [5.41, 5.74) is 0.944. The predicted octanol–water partition coefficient (Wildman–Crippen LogP) is 3.86. The molecule has 1 aromatic heterocycles. The van der Waals surface area contributed by atoms with Crippen LogP contribution in [0.15, 0.2) is 12.1 Å². The Labute approximate surface area is 127 Å². The topological polar surface area (TPSA) is 28.2 Å². The largest absolute Gasteiger partial charge is 0.354 e. The molecule has 112 valence electrons. The fourth-order valence-electron chi connectivity index (χ4n) is 2.21. The van der Waals surface area contributed by atoms with Crippen molar-refractivity contribution in [1.82, 2.24) is 10.3 Å². The van der Waals surface area contributed by atoms with E-state index >= 15 is 0 Å².